The molecule has 1 aromatic rings. The van der Waals surface area contributed by atoms with Gasteiger partial charge in [0.25, 0.3) is 0 Å². The van der Waals surface area contributed by atoms with E-state index in [2.05, 4.69) is 31.2 Å². The number of benzene rings is 1. The second-order valence-electron chi connectivity index (χ2n) is 6.15. The van der Waals surface area contributed by atoms with Crippen molar-refractivity contribution in [3.05, 3.63) is 29.8 Å². The summed E-state index contributed by atoms with van der Waals surface area (Å²) in [7, 11) is 0. The Balaban J connectivity index is 1.53. The molecule has 116 valence electrons. The summed E-state index contributed by atoms with van der Waals surface area (Å²) in [6, 6.07) is 8.66. The van der Waals surface area contributed by atoms with E-state index in [0.717, 1.165) is 57.7 Å². The molecule has 0 atom stereocenters. The molecule has 1 saturated carbocycles. The maximum Gasteiger partial charge on any atom is 0.168 e. The van der Waals surface area contributed by atoms with E-state index in [0.29, 0.717) is 5.92 Å². The van der Waals surface area contributed by atoms with Gasteiger partial charge in [0, 0.05) is 12.8 Å². The predicted octanol–water partition coefficient (Wildman–Crippen LogP) is 4.27. The Morgan fingerprint density at radius 2 is 1.76 bits per heavy atom. The van der Waals surface area contributed by atoms with Crippen molar-refractivity contribution in [3.8, 4) is 5.75 Å². The second kappa shape index (κ2) is 6.80. The lowest BCUT2D eigenvalue weighted by atomic mass is 9.81. The minimum atomic E-state index is -0.250. The Hall–Kier alpha value is -1.06. The van der Waals surface area contributed by atoms with Gasteiger partial charge in [-0.1, -0.05) is 25.5 Å². The largest absolute Gasteiger partial charge is 0.494 e. The first-order valence-corrected chi connectivity index (χ1v) is 8.32. The molecule has 0 aromatic heterocycles. The SMILES string of the molecule is CCCCOc1ccc(C2CCC3(CC2)OCCO3)cc1. The lowest BCUT2D eigenvalue weighted by molar-refractivity contribution is -0.178. The van der Waals surface area contributed by atoms with Crippen molar-refractivity contribution in [2.24, 2.45) is 0 Å². The van der Waals surface area contributed by atoms with Gasteiger partial charge in [-0.05, 0) is 42.9 Å². The highest BCUT2D eigenvalue weighted by atomic mass is 16.7. The van der Waals surface area contributed by atoms with E-state index in [4.69, 9.17) is 14.2 Å². The fourth-order valence-corrected chi connectivity index (χ4v) is 3.35. The third-order valence-electron chi connectivity index (χ3n) is 4.68. The summed E-state index contributed by atoms with van der Waals surface area (Å²) in [6.45, 7) is 4.51. The molecule has 0 unspecified atom stereocenters. The van der Waals surface area contributed by atoms with Gasteiger partial charge in [-0.3, -0.25) is 0 Å². The van der Waals surface area contributed by atoms with Crippen LogP contribution in [-0.2, 0) is 9.47 Å². The summed E-state index contributed by atoms with van der Waals surface area (Å²) in [5.74, 6) is 1.37. The van der Waals surface area contributed by atoms with E-state index in [1.54, 1.807) is 0 Å². The van der Waals surface area contributed by atoms with Crippen LogP contribution >= 0.6 is 0 Å². The lowest BCUT2D eigenvalue weighted by Crippen LogP contribution is -2.34. The molecule has 1 heterocycles. The van der Waals surface area contributed by atoms with Gasteiger partial charge < -0.3 is 14.2 Å². The smallest absolute Gasteiger partial charge is 0.168 e. The minimum Gasteiger partial charge on any atom is -0.494 e. The third kappa shape index (κ3) is 3.58. The Morgan fingerprint density at radius 1 is 1.10 bits per heavy atom. The van der Waals surface area contributed by atoms with Crippen molar-refractivity contribution in [1.82, 2.24) is 0 Å². The van der Waals surface area contributed by atoms with E-state index >= 15 is 0 Å². The molecule has 1 saturated heterocycles. The van der Waals surface area contributed by atoms with Crippen molar-refractivity contribution in [1.29, 1.82) is 0 Å². The Labute approximate surface area is 127 Å². The highest BCUT2D eigenvalue weighted by molar-refractivity contribution is 5.29. The number of unbranched alkanes of at least 4 members (excludes halogenated alkanes) is 1. The van der Waals surface area contributed by atoms with Crippen LogP contribution in [0.15, 0.2) is 24.3 Å². The van der Waals surface area contributed by atoms with Crippen molar-refractivity contribution < 1.29 is 14.2 Å². The fourth-order valence-electron chi connectivity index (χ4n) is 3.35. The minimum absolute atomic E-state index is 0.250. The van der Waals surface area contributed by atoms with Gasteiger partial charge in [0.05, 0.1) is 19.8 Å². The fraction of sp³-hybridized carbons (Fsp3) is 0.667. The zero-order valence-electron chi connectivity index (χ0n) is 13.0. The maximum absolute atomic E-state index is 5.80. The van der Waals surface area contributed by atoms with Crippen molar-refractivity contribution in [2.45, 2.75) is 57.2 Å². The molecule has 21 heavy (non-hydrogen) atoms. The first-order chi connectivity index (χ1) is 10.3. The van der Waals surface area contributed by atoms with Gasteiger partial charge >= 0.3 is 0 Å². The molecule has 3 nitrogen and oxygen atoms in total. The van der Waals surface area contributed by atoms with Crippen LogP contribution in [0, 0.1) is 0 Å². The Kier molecular flexibility index (Phi) is 4.81. The molecule has 2 aliphatic rings. The first-order valence-electron chi connectivity index (χ1n) is 8.32. The first kappa shape index (κ1) is 14.9. The lowest BCUT2D eigenvalue weighted by Gasteiger charge is -2.35. The van der Waals surface area contributed by atoms with Gasteiger partial charge in [-0.2, -0.15) is 0 Å². The van der Waals surface area contributed by atoms with Crippen LogP contribution in [0.1, 0.15) is 56.9 Å². The molecular formula is C18H26O3. The summed E-state index contributed by atoms with van der Waals surface area (Å²) in [5, 5.41) is 0. The van der Waals surface area contributed by atoms with Crippen LogP contribution < -0.4 is 4.74 Å². The molecule has 1 aliphatic carbocycles. The number of rotatable bonds is 5. The van der Waals surface area contributed by atoms with E-state index < -0.39 is 0 Å². The highest BCUT2D eigenvalue weighted by Gasteiger charge is 2.40. The van der Waals surface area contributed by atoms with Gasteiger partial charge in [0.1, 0.15) is 5.75 Å². The van der Waals surface area contributed by atoms with Gasteiger partial charge in [-0.15, -0.1) is 0 Å². The normalized spacial score (nSPS) is 21.8. The topological polar surface area (TPSA) is 27.7 Å². The van der Waals surface area contributed by atoms with Gasteiger partial charge in [0.15, 0.2) is 5.79 Å². The van der Waals surface area contributed by atoms with Crippen LogP contribution in [0.2, 0.25) is 0 Å². The standard InChI is InChI=1S/C18H26O3/c1-2-3-12-19-17-6-4-15(5-7-17)16-8-10-18(11-9-16)20-13-14-21-18/h4-7,16H,2-3,8-14H2,1H3. The van der Waals surface area contributed by atoms with Crippen LogP contribution in [0.4, 0.5) is 0 Å². The van der Waals surface area contributed by atoms with Crippen molar-refractivity contribution >= 4 is 0 Å². The molecule has 0 radical (unpaired) electrons. The van der Waals surface area contributed by atoms with E-state index in [-0.39, 0.29) is 5.79 Å². The Morgan fingerprint density at radius 3 is 2.38 bits per heavy atom. The average Bonchev–Trinajstić information content (AvgIpc) is 2.97. The maximum atomic E-state index is 5.80. The summed E-state index contributed by atoms with van der Waals surface area (Å²) >= 11 is 0. The molecule has 1 aliphatic heterocycles. The number of hydrogen-bond acceptors (Lipinski definition) is 3. The number of hydrogen-bond donors (Lipinski definition) is 0. The van der Waals surface area contributed by atoms with Gasteiger partial charge in [-0.25, -0.2) is 0 Å². The molecule has 1 spiro atoms. The zero-order chi connectivity index (χ0) is 14.5. The molecule has 0 amide bonds. The highest BCUT2D eigenvalue weighted by Crippen LogP contribution is 2.42. The van der Waals surface area contributed by atoms with Gasteiger partial charge in [0.2, 0.25) is 0 Å². The molecule has 0 bridgehead atoms. The second-order valence-corrected chi connectivity index (χ2v) is 6.15. The van der Waals surface area contributed by atoms with Crippen LogP contribution in [0.3, 0.4) is 0 Å². The molecule has 1 aromatic carbocycles. The summed E-state index contributed by atoms with van der Waals surface area (Å²) in [6.07, 6.45) is 6.63. The molecule has 3 heteroatoms. The van der Waals surface area contributed by atoms with Crippen molar-refractivity contribution in [2.75, 3.05) is 19.8 Å². The summed E-state index contributed by atoms with van der Waals surface area (Å²) in [5.41, 5.74) is 1.42. The predicted molar refractivity (Wildman–Crippen MR) is 82.7 cm³/mol. The van der Waals surface area contributed by atoms with Crippen molar-refractivity contribution in [3.63, 3.8) is 0 Å². The Bertz CT molecular complexity index is 424. The molecule has 0 N–H and O–H groups in total. The molecule has 3 rings (SSSR count). The molecular weight excluding hydrogens is 264 g/mol. The van der Waals surface area contributed by atoms with Crippen LogP contribution in [-0.4, -0.2) is 25.6 Å². The zero-order valence-corrected chi connectivity index (χ0v) is 13.0. The number of ether oxygens (including phenoxy) is 3. The quantitative estimate of drug-likeness (QED) is 0.758. The monoisotopic (exact) mass is 290 g/mol. The summed E-state index contributed by atoms with van der Waals surface area (Å²) < 4.78 is 17.3. The molecule has 2 fully saturated rings. The summed E-state index contributed by atoms with van der Waals surface area (Å²) in [4.78, 5) is 0. The van der Waals surface area contributed by atoms with E-state index in [1.807, 2.05) is 0 Å². The van der Waals surface area contributed by atoms with E-state index in [9.17, 15) is 0 Å². The van der Waals surface area contributed by atoms with E-state index in [1.165, 1.54) is 12.0 Å². The van der Waals surface area contributed by atoms with Crippen LogP contribution in [0.5, 0.6) is 5.75 Å². The van der Waals surface area contributed by atoms with Crippen LogP contribution in [0.25, 0.3) is 0 Å². The third-order valence-corrected chi connectivity index (χ3v) is 4.68. The average molecular weight is 290 g/mol.